The van der Waals surface area contributed by atoms with E-state index in [0.717, 1.165) is 21.7 Å². The molecule has 3 aromatic rings. The maximum atomic E-state index is 13.3. The first-order valence-electron chi connectivity index (χ1n) is 10.8. The zero-order valence-electron chi connectivity index (χ0n) is 18.1. The molecular formula is C25H21ClN4O2S2. The summed E-state index contributed by atoms with van der Waals surface area (Å²) in [5.41, 5.74) is 2.66. The van der Waals surface area contributed by atoms with Crippen molar-refractivity contribution in [1.29, 1.82) is 0 Å². The smallest absolute Gasteiger partial charge is 0.259 e. The van der Waals surface area contributed by atoms with Crippen LogP contribution in [0, 0.1) is 0 Å². The molecule has 6 nitrogen and oxygen atoms in total. The number of thioether (sulfide) groups is 1. The van der Waals surface area contributed by atoms with Crippen LogP contribution >= 0.6 is 34.7 Å². The minimum absolute atomic E-state index is 0.0871. The van der Waals surface area contributed by atoms with Crippen molar-refractivity contribution in [3.8, 4) is 0 Å². The Hall–Kier alpha value is -2.94. The maximum absolute atomic E-state index is 13.3. The van der Waals surface area contributed by atoms with Crippen molar-refractivity contribution in [3.63, 3.8) is 0 Å². The second-order valence-electron chi connectivity index (χ2n) is 7.87. The van der Waals surface area contributed by atoms with Crippen molar-refractivity contribution in [2.24, 2.45) is 9.98 Å². The second kappa shape index (κ2) is 10.1. The van der Waals surface area contributed by atoms with Crippen molar-refractivity contribution in [3.05, 3.63) is 87.1 Å². The van der Waals surface area contributed by atoms with Crippen molar-refractivity contribution >= 4 is 63.2 Å². The van der Waals surface area contributed by atoms with Crippen molar-refractivity contribution in [2.75, 3.05) is 0 Å². The van der Waals surface area contributed by atoms with E-state index in [2.05, 4.69) is 5.32 Å². The van der Waals surface area contributed by atoms with Crippen LogP contribution in [-0.2, 0) is 21.9 Å². The van der Waals surface area contributed by atoms with E-state index >= 15 is 0 Å². The average molecular weight is 509 g/mol. The summed E-state index contributed by atoms with van der Waals surface area (Å²) in [6.45, 7) is 0.500. The minimum Gasteiger partial charge on any atom is -0.351 e. The molecule has 0 bridgehead atoms. The highest BCUT2D eigenvalue weighted by Crippen LogP contribution is 2.35. The molecule has 5 rings (SSSR count). The SMILES string of the molecule is O=C(CC[C@@H]1N=C2c3ccccc3N=C(SCc3cccc(Cl)c3)N2C1=O)NCc1cccs1. The molecule has 1 atom stereocenters. The molecule has 0 unspecified atom stereocenters. The first-order valence-corrected chi connectivity index (χ1v) is 13.1. The Morgan fingerprint density at radius 2 is 2.03 bits per heavy atom. The van der Waals surface area contributed by atoms with Crippen LogP contribution < -0.4 is 5.32 Å². The van der Waals surface area contributed by atoms with Crippen LogP contribution in [0.3, 0.4) is 0 Å². The number of benzene rings is 2. The van der Waals surface area contributed by atoms with Crippen LogP contribution in [0.25, 0.3) is 0 Å². The topological polar surface area (TPSA) is 74.1 Å². The summed E-state index contributed by atoms with van der Waals surface area (Å²) >= 11 is 9.19. The number of fused-ring (bicyclic) bond motifs is 3. The van der Waals surface area contributed by atoms with E-state index in [-0.39, 0.29) is 18.2 Å². The number of amidine groups is 2. The third-order valence-corrected chi connectivity index (χ3v) is 7.61. The number of halogens is 1. The van der Waals surface area contributed by atoms with E-state index in [0.29, 0.717) is 34.7 Å². The molecule has 34 heavy (non-hydrogen) atoms. The van der Waals surface area contributed by atoms with E-state index in [4.69, 9.17) is 21.6 Å². The largest absolute Gasteiger partial charge is 0.351 e. The molecule has 0 fully saturated rings. The first kappa shape index (κ1) is 22.8. The zero-order valence-corrected chi connectivity index (χ0v) is 20.5. The molecule has 172 valence electrons. The Balaban J connectivity index is 1.30. The number of amides is 2. The average Bonchev–Trinajstić information content (AvgIpc) is 3.48. The van der Waals surface area contributed by atoms with Gasteiger partial charge in [-0.1, -0.05) is 53.7 Å². The Kier molecular flexibility index (Phi) is 6.80. The lowest BCUT2D eigenvalue weighted by molar-refractivity contribution is -0.125. The predicted molar refractivity (Wildman–Crippen MR) is 139 cm³/mol. The molecule has 2 aromatic carbocycles. The molecule has 0 saturated heterocycles. The Labute approximate surface area is 210 Å². The van der Waals surface area contributed by atoms with Crippen LogP contribution in [0.2, 0.25) is 5.02 Å². The predicted octanol–water partition coefficient (Wildman–Crippen LogP) is 5.39. The third kappa shape index (κ3) is 4.94. The van der Waals surface area contributed by atoms with Gasteiger partial charge in [0.25, 0.3) is 5.91 Å². The molecule has 0 spiro atoms. The van der Waals surface area contributed by atoms with Gasteiger partial charge in [-0.25, -0.2) is 9.89 Å². The number of carbonyl (C=O) groups excluding carboxylic acids is 2. The van der Waals surface area contributed by atoms with Crippen molar-refractivity contribution in [1.82, 2.24) is 10.2 Å². The van der Waals surface area contributed by atoms with E-state index in [9.17, 15) is 9.59 Å². The van der Waals surface area contributed by atoms with Gasteiger partial charge < -0.3 is 5.32 Å². The highest BCUT2D eigenvalue weighted by Gasteiger charge is 2.41. The number of para-hydroxylation sites is 1. The number of hydrogen-bond acceptors (Lipinski definition) is 6. The fourth-order valence-electron chi connectivity index (χ4n) is 3.82. The van der Waals surface area contributed by atoms with E-state index in [1.165, 1.54) is 11.8 Å². The molecule has 2 aliphatic rings. The Morgan fingerprint density at radius 1 is 1.15 bits per heavy atom. The first-order chi connectivity index (χ1) is 16.6. The maximum Gasteiger partial charge on any atom is 0.259 e. The Morgan fingerprint density at radius 3 is 2.85 bits per heavy atom. The highest BCUT2D eigenvalue weighted by atomic mass is 35.5. The summed E-state index contributed by atoms with van der Waals surface area (Å²) in [6.07, 6.45) is 0.583. The van der Waals surface area contributed by atoms with Gasteiger partial charge in [-0.3, -0.25) is 14.6 Å². The number of thiophene rings is 1. The molecule has 0 saturated carbocycles. The molecule has 0 radical (unpaired) electrons. The number of nitrogens with one attached hydrogen (secondary N) is 1. The van der Waals surface area contributed by atoms with E-state index in [1.54, 1.807) is 16.2 Å². The lowest BCUT2D eigenvalue weighted by atomic mass is 10.1. The second-order valence-corrected chi connectivity index (χ2v) is 10.3. The lowest BCUT2D eigenvalue weighted by Gasteiger charge is -2.25. The fourth-order valence-corrected chi connectivity index (χ4v) is 5.62. The standard InChI is InChI=1S/C25H21ClN4O2S2/c26-17-6-3-5-16(13-17)15-34-25-29-20-9-2-1-8-19(20)23-28-21(24(32)30(23)25)10-11-22(31)27-14-18-7-4-12-33-18/h1-9,12-13,21H,10-11,14-15H2,(H,27,31)/t21-/m0/s1. The normalized spacial score (nSPS) is 16.6. The summed E-state index contributed by atoms with van der Waals surface area (Å²) in [4.78, 5) is 37.9. The number of aliphatic imine (C=N–C) groups is 2. The monoisotopic (exact) mass is 508 g/mol. The molecule has 2 amide bonds. The lowest BCUT2D eigenvalue weighted by Crippen LogP contribution is -2.41. The van der Waals surface area contributed by atoms with Crippen LogP contribution in [0.1, 0.15) is 28.8 Å². The quantitative estimate of drug-likeness (QED) is 0.465. The summed E-state index contributed by atoms with van der Waals surface area (Å²) in [7, 11) is 0. The van der Waals surface area contributed by atoms with Crippen molar-refractivity contribution < 1.29 is 9.59 Å². The molecule has 0 aliphatic carbocycles. The Bertz CT molecular complexity index is 1290. The van der Waals surface area contributed by atoms with Crippen LogP contribution in [-0.4, -0.2) is 33.8 Å². The van der Waals surface area contributed by atoms with Gasteiger partial charge in [-0.05, 0) is 47.7 Å². The van der Waals surface area contributed by atoms with Gasteiger partial charge in [0.05, 0.1) is 12.2 Å². The van der Waals surface area contributed by atoms with Gasteiger partial charge in [0.2, 0.25) is 5.91 Å². The highest BCUT2D eigenvalue weighted by molar-refractivity contribution is 8.13. The number of carbonyl (C=O) groups is 2. The van der Waals surface area contributed by atoms with Crippen LogP contribution in [0.5, 0.6) is 0 Å². The van der Waals surface area contributed by atoms with Gasteiger partial charge in [0, 0.05) is 27.6 Å². The number of hydrogen-bond donors (Lipinski definition) is 1. The van der Waals surface area contributed by atoms with Gasteiger partial charge in [0.15, 0.2) is 5.17 Å². The summed E-state index contributed by atoms with van der Waals surface area (Å²) in [5.74, 6) is 0.992. The number of rotatable bonds is 7. The van der Waals surface area contributed by atoms with Gasteiger partial charge >= 0.3 is 0 Å². The fraction of sp³-hybridized carbons (Fsp3) is 0.200. The molecular weight excluding hydrogens is 488 g/mol. The summed E-state index contributed by atoms with van der Waals surface area (Å²) in [6, 6.07) is 18.6. The minimum atomic E-state index is -0.606. The van der Waals surface area contributed by atoms with Crippen LogP contribution in [0.15, 0.2) is 76.0 Å². The third-order valence-electron chi connectivity index (χ3n) is 5.49. The molecule has 3 heterocycles. The zero-order chi connectivity index (χ0) is 23.5. The molecule has 1 aromatic heterocycles. The van der Waals surface area contributed by atoms with E-state index in [1.807, 2.05) is 66.0 Å². The molecule has 2 aliphatic heterocycles. The van der Waals surface area contributed by atoms with Gasteiger partial charge in [-0.15, -0.1) is 11.3 Å². The number of nitrogens with zero attached hydrogens (tertiary/aromatic N) is 3. The molecule has 1 N–H and O–H groups in total. The summed E-state index contributed by atoms with van der Waals surface area (Å²) in [5, 5.41) is 6.15. The van der Waals surface area contributed by atoms with Crippen molar-refractivity contribution in [2.45, 2.75) is 31.2 Å². The molecule has 9 heteroatoms. The van der Waals surface area contributed by atoms with Crippen LogP contribution in [0.4, 0.5) is 5.69 Å². The summed E-state index contributed by atoms with van der Waals surface area (Å²) < 4.78 is 0. The van der Waals surface area contributed by atoms with E-state index < -0.39 is 6.04 Å². The van der Waals surface area contributed by atoms with Gasteiger partial charge in [-0.2, -0.15) is 0 Å². The van der Waals surface area contributed by atoms with Gasteiger partial charge in [0.1, 0.15) is 11.9 Å².